The Balaban J connectivity index is 2.10. The fraction of sp³-hybridized carbons (Fsp3) is 0.250. The Morgan fingerprint density at radius 1 is 1.19 bits per heavy atom. The highest BCUT2D eigenvalue weighted by Crippen LogP contribution is 2.42. The second-order valence-corrected chi connectivity index (χ2v) is 6.15. The molecule has 0 saturated carbocycles. The molecule has 0 N–H and O–H groups in total. The van der Waals surface area contributed by atoms with E-state index < -0.39 is 5.82 Å². The van der Waals surface area contributed by atoms with Crippen LogP contribution in [-0.2, 0) is 6.42 Å². The molecule has 0 aliphatic carbocycles. The molecule has 0 fully saturated rings. The van der Waals surface area contributed by atoms with Crippen molar-refractivity contribution >= 4 is 23.2 Å². The fourth-order valence-corrected chi connectivity index (χ4v) is 2.89. The molecular formula is C16H14Cl2FNO. The van der Waals surface area contributed by atoms with Gasteiger partial charge in [0.2, 0.25) is 0 Å². The van der Waals surface area contributed by atoms with E-state index in [1.807, 2.05) is 31.1 Å². The molecule has 0 bridgehead atoms. The van der Waals surface area contributed by atoms with Crippen LogP contribution >= 0.6 is 23.2 Å². The van der Waals surface area contributed by atoms with Crippen LogP contribution in [0.1, 0.15) is 5.56 Å². The standard InChI is InChI=1S/C16H14Cl2FNO/c1-20(2)15-7-10-5-11(17)8-12(16(10)21-15)9-3-4-14(19)13(18)6-9/h3-6,8,15H,7H2,1-2H3. The van der Waals surface area contributed by atoms with E-state index in [1.54, 1.807) is 12.1 Å². The third-order valence-corrected chi connectivity index (χ3v) is 4.09. The maximum Gasteiger partial charge on any atom is 0.156 e. The van der Waals surface area contributed by atoms with Crippen LogP contribution in [0.2, 0.25) is 10.0 Å². The number of hydrogen-bond donors (Lipinski definition) is 0. The fourth-order valence-electron chi connectivity index (χ4n) is 2.47. The van der Waals surface area contributed by atoms with Crippen molar-refractivity contribution < 1.29 is 9.13 Å². The number of benzene rings is 2. The molecule has 5 heteroatoms. The molecule has 1 atom stereocenters. The van der Waals surface area contributed by atoms with E-state index in [-0.39, 0.29) is 11.3 Å². The summed E-state index contributed by atoms with van der Waals surface area (Å²) in [5.41, 5.74) is 2.68. The molecule has 21 heavy (non-hydrogen) atoms. The molecule has 110 valence electrons. The normalized spacial score (nSPS) is 17.0. The molecule has 1 heterocycles. The summed E-state index contributed by atoms with van der Waals surface area (Å²) in [7, 11) is 3.93. The van der Waals surface area contributed by atoms with Gasteiger partial charge in [0.15, 0.2) is 6.23 Å². The maximum atomic E-state index is 13.3. The smallest absolute Gasteiger partial charge is 0.156 e. The van der Waals surface area contributed by atoms with Gasteiger partial charge in [0.05, 0.1) is 5.02 Å². The number of hydrogen-bond acceptors (Lipinski definition) is 2. The summed E-state index contributed by atoms with van der Waals surface area (Å²) in [4.78, 5) is 2.01. The Bertz CT molecular complexity index is 703. The summed E-state index contributed by atoms with van der Waals surface area (Å²) in [6, 6.07) is 8.36. The average Bonchev–Trinajstić information content (AvgIpc) is 2.85. The minimum absolute atomic E-state index is 0.0202. The minimum Gasteiger partial charge on any atom is -0.474 e. The Kier molecular flexibility index (Phi) is 3.82. The largest absolute Gasteiger partial charge is 0.474 e. The molecule has 0 radical (unpaired) electrons. The number of rotatable bonds is 2. The number of halogens is 3. The first-order valence-electron chi connectivity index (χ1n) is 6.56. The lowest BCUT2D eigenvalue weighted by molar-refractivity contribution is 0.0866. The lowest BCUT2D eigenvalue weighted by Crippen LogP contribution is -2.31. The van der Waals surface area contributed by atoms with Gasteiger partial charge in [0, 0.05) is 22.6 Å². The van der Waals surface area contributed by atoms with E-state index in [1.165, 1.54) is 6.07 Å². The summed E-state index contributed by atoms with van der Waals surface area (Å²) in [5, 5.41) is 0.718. The van der Waals surface area contributed by atoms with E-state index in [4.69, 9.17) is 27.9 Å². The molecule has 1 unspecified atom stereocenters. The second-order valence-electron chi connectivity index (χ2n) is 5.31. The van der Waals surface area contributed by atoms with Crippen molar-refractivity contribution in [2.45, 2.75) is 12.6 Å². The molecular weight excluding hydrogens is 312 g/mol. The third-order valence-electron chi connectivity index (χ3n) is 3.59. The van der Waals surface area contributed by atoms with Crippen LogP contribution in [0, 0.1) is 5.82 Å². The van der Waals surface area contributed by atoms with Crippen LogP contribution in [-0.4, -0.2) is 25.2 Å². The van der Waals surface area contributed by atoms with E-state index in [9.17, 15) is 4.39 Å². The Hall–Kier alpha value is -1.29. The van der Waals surface area contributed by atoms with Crippen molar-refractivity contribution in [1.82, 2.24) is 4.90 Å². The molecule has 3 rings (SSSR count). The molecule has 2 aromatic rings. The van der Waals surface area contributed by atoms with Crippen molar-refractivity contribution in [3.63, 3.8) is 0 Å². The summed E-state index contributed by atoms with van der Waals surface area (Å²) < 4.78 is 19.3. The van der Waals surface area contributed by atoms with E-state index in [0.29, 0.717) is 5.02 Å². The zero-order valence-corrected chi connectivity index (χ0v) is 13.2. The minimum atomic E-state index is -0.439. The molecule has 0 saturated heterocycles. The quantitative estimate of drug-likeness (QED) is 0.798. The Morgan fingerprint density at radius 3 is 2.62 bits per heavy atom. The van der Waals surface area contributed by atoms with Gasteiger partial charge in [-0.2, -0.15) is 0 Å². The van der Waals surface area contributed by atoms with E-state index in [2.05, 4.69) is 0 Å². The van der Waals surface area contributed by atoms with Gasteiger partial charge in [-0.25, -0.2) is 4.39 Å². The van der Waals surface area contributed by atoms with Crippen LogP contribution in [0.4, 0.5) is 4.39 Å². The molecule has 2 aromatic carbocycles. The predicted molar refractivity (Wildman–Crippen MR) is 83.7 cm³/mol. The molecule has 0 spiro atoms. The van der Waals surface area contributed by atoms with Crippen molar-refractivity contribution in [2.75, 3.05) is 14.1 Å². The molecule has 2 nitrogen and oxygen atoms in total. The summed E-state index contributed by atoms with van der Waals surface area (Å²) in [5.74, 6) is 0.354. The highest BCUT2D eigenvalue weighted by atomic mass is 35.5. The van der Waals surface area contributed by atoms with Gasteiger partial charge >= 0.3 is 0 Å². The van der Waals surface area contributed by atoms with Crippen molar-refractivity contribution in [3.8, 4) is 16.9 Å². The van der Waals surface area contributed by atoms with E-state index >= 15 is 0 Å². The molecule has 1 aliphatic heterocycles. The molecule has 0 aromatic heterocycles. The van der Waals surface area contributed by atoms with Crippen molar-refractivity contribution in [2.24, 2.45) is 0 Å². The van der Waals surface area contributed by atoms with E-state index in [0.717, 1.165) is 28.9 Å². The summed E-state index contributed by atoms with van der Waals surface area (Å²) >= 11 is 12.1. The van der Waals surface area contributed by atoms with Gasteiger partial charge in [-0.05, 0) is 43.9 Å². The second kappa shape index (κ2) is 5.48. The lowest BCUT2D eigenvalue weighted by Gasteiger charge is -2.19. The SMILES string of the molecule is CN(C)C1Cc2cc(Cl)cc(-c3ccc(F)c(Cl)c3)c2O1. The maximum absolute atomic E-state index is 13.3. The zero-order valence-electron chi connectivity index (χ0n) is 11.7. The summed E-state index contributed by atoms with van der Waals surface area (Å²) in [6.45, 7) is 0. The highest BCUT2D eigenvalue weighted by Gasteiger charge is 2.28. The monoisotopic (exact) mass is 325 g/mol. The Morgan fingerprint density at radius 2 is 1.95 bits per heavy atom. The first-order valence-corrected chi connectivity index (χ1v) is 7.32. The topological polar surface area (TPSA) is 12.5 Å². The molecule has 0 amide bonds. The first kappa shape index (κ1) is 14.6. The number of nitrogens with zero attached hydrogens (tertiary/aromatic N) is 1. The first-order chi connectivity index (χ1) is 9.95. The predicted octanol–water partition coefficient (Wildman–Crippen LogP) is 4.62. The van der Waals surface area contributed by atoms with Gasteiger partial charge in [-0.1, -0.05) is 29.3 Å². The van der Waals surface area contributed by atoms with Gasteiger partial charge in [-0.3, -0.25) is 4.90 Å². The van der Waals surface area contributed by atoms with Crippen molar-refractivity contribution in [3.05, 3.63) is 51.8 Å². The van der Waals surface area contributed by atoms with Crippen LogP contribution in [0.5, 0.6) is 5.75 Å². The van der Waals surface area contributed by atoms with Gasteiger partial charge in [-0.15, -0.1) is 0 Å². The number of likely N-dealkylation sites (N-methyl/N-ethyl adjacent to an activating group) is 1. The summed E-state index contributed by atoms with van der Waals surface area (Å²) in [6.07, 6.45) is 0.748. The number of ether oxygens (including phenoxy) is 1. The number of fused-ring (bicyclic) bond motifs is 1. The zero-order chi connectivity index (χ0) is 15.1. The van der Waals surface area contributed by atoms with Gasteiger partial charge < -0.3 is 4.74 Å². The molecule has 1 aliphatic rings. The van der Waals surface area contributed by atoms with Crippen LogP contribution in [0.25, 0.3) is 11.1 Å². The van der Waals surface area contributed by atoms with Gasteiger partial charge in [0.1, 0.15) is 11.6 Å². The highest BCUT2D eigenvalue weighted by molar-refractivity contribution is 6.31. The Labute approximate surface area is 133 Å². The van der Waals surface area contributed by atoms with Crippen LogP contribution in [0.15, 0.2) is 30.3 Å². The van der Waals surface area contributed by atoms with Crippen molar-refractivity contribution in [1.29, 1.82) is 0 Å². The third kappa shape index (κ3) is 2.73. The lowest BCUT2D eigenvalue weighted by atomic mass is 10.0. The van der Waals surface area contributed by atoms with Gasteiger partial charge in [0.25, 0.3) is 0 Å². The van der Waals surface area contributed by atoms with Crippen LogP contribution in [0.3, 0.4) is 0 Å². The average molecular weight is 326 g/mol. The van der Waals surface area contributed by atoms with Crippen LogP contribution < -0.4 is 4.74 Å².